The molecule has 1 aromatic rings. The zero-order chi connectivity index (χ0) is 12.9. The third kappa shape index (κ3) is 3.60. The summed E-state index contributed by atoms with van der Waals surface area (Å²) in [6, 6.07) is 5.14. The van der Waals surface area contributed by atoms with Crippen LogP contribution in [0.3, 0.4) is 0 Å². The Bertz CT molecular complexity index is 356. The predicted octanol–water partition coefficient (Wildman–Crippen LogP) is 2.69. The van der Waals surface area contributed by atoms with Crippen molar-refractivity contribution in [2.75, 3.05) is 6.61 Å². The van der Waals surface area contributed by atoms with Crippen molar-refractivity contribution in [3.8, 4) is 5.75 Å². The highest BCUT2D eigenvalue weighted by molar-refractivity contribution is 6.32. The fourth-order valence-electron chi connectivity index (χ4n) is 1.73. The van der Waals surface area contributed by atoms with Crippen LogP contribution in [0, 0.1) is 0 Å². The molecular formula is C13H20ClNO2. The summed E-state index contributed by atoms with van der Waals surface area (Å²) in [5.74, 6) is 0.0924. The average molecular weight is 258 g/mol. The molecule has 4 heteroatoms. The van der Waals surface area contributed by atoms with E-state index in [9.17, 15) is 10.2 Å². The van der Waals surface area contributed by atoms with Crippen molar-refractivity contribution in [3.05, 3.63) is 28.8 Å². The average Bonchev–Trinajstić information content (AvgIpc) is 2.36. The summed E-state index contributed by atoms with van der Waals surface area (Å²) in [6.45, 7) is 4.85. The molecule has 0 saturated heterocycles. The van der Waals surface area contributed by atoms with Crippen LogP contribution in [0.2, 0.25) is 5.02 Å². The van der Waals surface area contributed by atoms with Gasteiger partial charge in [0.2, 0.25) is 0 Å². The molecule has 0 spiro atoms. The lowest BCUT2D eigenvalue weighted by atomic mass is 9.93. The van der Waals surface area contributed by atoms with E-state index in [1.165, 1.54) is 0 Å². The molecule has 3 nitrogen and oxygen atoms in total. The molecule has 0 unspecified atom stereocenters. The summed E-state index contributed by atoms with van der Waals surface area (Å²) in [6.07, 6.45) is 1.73. The van der Waals surface area contributed by atoms with Gasteiger partial charge in [-0.25, -0.2) is 0 Å². The molecule has 0 radical (unpaired) electrons. The first-order chi connectivity index (χ1) is 8.06. The predicted molar refractivity (Wildman–Crippen MR) is 70.4 cm³/mol. The quantitative estimate of drug-likeness (QED) is 0.735. The zero-order valence-electron chi connectivity index (χ0n) is 10.3. The SMILES string of the molecule is CCC(CC)(CO)NCc1ccc(O)c(Cl)c1. The van der Waals surface area contributed by atoms with E-state index in [4.69, 9.17) is 11.6 Å². The van der Waals surface area contributed by atoms with E-state index in [1.807, 2.05) is 6.07 Å². The van der Waals surface area contributed by atoms with Crippen LogP contribution in [0.1, 0.15) is 32.3 Å². The van der Waals surface area contributed by atoms with Gasteiger partial charge in [0.25, 0.3) is 0 Å². The Hall–Kier alpha value is -0.770. The molecule has 0 aliphatic rings. The first kappa shape index (κ1) is 14.3. The molecule has 0 aromatic heterocycles. The number of phenols is 1. The molecule has 0 bridgehead atoms. The van der Waals surface area contributed by atoms with Gasteiger partial charge in [-0.05, 0) is 30.5 Å². The topological polar surface area (TPSA) is 52.5 Å². The first-order valence-electron chi connectivity index (χ1n) is 5.90. The molecule has 3 N–H and O–H groups in total. The second-order valence-electron chi connectivity index (χ2n) is 4.28. The van der Waals surface area contributed by atoms with Gasteiger partial charge in [-0.2, -0.15) is 0 Å². The van der Waals surface area contributed by atoms with Gasteiger partial charge >= 0.3 is 0 Å². The lowest BCUT2D eigenvalue weighted by Gasteiger charge is -2.31. The molecule has 0 aliphatic carbocycles. The summed E-state index contributed by atoms with van der Waals surface area (Å²) in [5, 5.41) is 22.5. The third-order valence-corrected chi connectivity index (χ3v) is 3.64. The van der Waals surface area contributed by atoms with E-state index < -0.39 is 0 Å². The normalized spacial score (nSPS) is 11.8. The number of hydrogen-bond acceptors (Lipinski definition) is 3. The van der Waals surface area contributed by atoms with Crippen molar-refractivity contribution in [2.45, 2.75) is 38.8 Å². The summed E-state index contributed by atoms with van der Waals surface area (Å²) < 4.78 is 0. The second-order valence-corrected chi connectivity index (χ2v) is 4.69. The van der Waals surface area contributed by atoms with Crippen LogP contribution in [0.5, 0.6) is 5.75 Å². The molecule has 0 amide bonds. The van der Waals surface area contributed by atoms with Crippen LogP contribution < -0.4 is 5.32 Å². The van der Waals surface area contributed by atoms with Crippen LogP contribution >= 0.6 is 11.6 Å². The summed E-state index contributed by atoms with van der Waals surface area (Å²) in [7, 11) is 0. The summed E-state index contributed by atoms with van der Waals surface area (Å²) in [5.41, 5.74) is 0.761. The Morgan fingerprint density at radius 3 is 2.41 bits per heavy atom. The lowest BCUT2D eigenvalue weighted by Crippen LogP contribution is -2.47. The van der Waals surface area contributed by atoms with Gasteiger partial charge in [0.1, 0.15) is 5.75 Å². The smallest absolute Gasteiger partial charge is 0.134 e. The van der Waals surface area contributed by atoms with Gasteiger partial charge in [0.05, 0.1) is 11.6 Å². The molecule has 1 rings (SSSR count). The lowest BCUT2D eigenvalue weighted by molar-refractivity contribution is 0.149. The van der Waals surface area contributed by atoms with Crippen LogP contribution in [0.25, 0.3) is 0 Å². The van der Waals surface area contributed by atoms with Crippen molar-refractivity contribution >= 4 is 11.6 Å². The van der Waals surface area contributed by atoms with Crippen molar-refractivity contribution in [1.82, 2.24) is 5.32 Å². The van der Waals surface area contributed by atoms with E-state index in [2.05, 4.69) is 19.2 Å². The number of benzene rings is 1. The second kappa shape index (κ2) is 6.24. The van der Waals surface area contributed by atoms with Crippen LogP contribution in [-0.2, 0) is 6.54 Å². The van der Waals surface area contributed by atoms with Crippen molar-refractivity contribution in [2.24, 2.45) is 0 Å². The van der Waals surface area contributed by atoms with Gasteiger partial charge in [-0.1, -0.05) is 31.5 Å². The van der Waals surface area contributed by atoms with E-state index in [1.54, 1.807) is 12.1 Å². The van der Waals surface area contributed by atoms with Gasteiger partial charge in [-0.3, -0.25) is 0 Å². The van der Waals surface area contributed by atoms with Gasteiger partial charge < -0.3 is 15.5 Å². The standard InChI is InChI=1S/C13H20ClNO2/c1-3-13(4-2,9-16)15-8-10-5-6-12(17)11(14)7-10/h5-7,15-17H,3-4,8-9H2,1-2H3. The maximum absolute atomic E-state index is 9.42. The zero-order valence-corrected chi connectivity index (χ0v) is 11.1. The number of nitrogens with one attached hydrogen (secondary N) is 1. The minimum Gasteiger partial charge on any atom is -0.506 e. The maximum Gasteiger partial charge on any atom is 0.134 e. The maximum atomic E-state index is 9.42. The number of phenolic OH excluding ortho intramolecular Hbond substituents is 1. The molecule has 17 heavy (non-hydrogen) atoms. The highest BCUT2D eigenvalue weighted by atomic mass is 35.5. The Labute approximate surface area is 107 Å². The Balaban J connectivity index is 2.68. The number of halogens is 1. The number of aliphatic hydroxyl groups is 1. The van der Waals surface area contributed by atoms with Crippen molar-refractivity contribution in [3.63, 3.8) is 0 Å². The summed E-state index contributed by atoms with van der Waals surface area (Å²) in [4.78, 5) is 0. The van der Waals surface area contributed by atoms with Gasteiger partial charge in [0, 0.05) is 12.1 Å². The minimum absolute atomic E-state index is 0.0924. The van der Waals surface area contributed by atoms with E-state index >= 15 is 0 Å². The third-order valence-electron chi connectivity index (χ3n) is 3.34. The number of rotatable bonds is 6. The van der Waals surface area contributed by atoms with Gasteiger partial charge in [0.15, 0.2) is 0 Å². The molecule has 0 saturated carbocycles. The fourth-order valence-corrected chi connectivity index (χ4v) is 1.93. The van der Waals surface area contributed by atoms with Crippen LogP contribution in [-0.4, -0.2) is 22.4 Å². The molecule has 0 heterocycles. The Kier molecular flexibility index (Phi) is 5.25. The monoisotopic (exact) mass is 257 g/mol. The van der Waals surface area contributed by atoms with Crippen molar-refractivity contribution in [1.29, 1.82) is 0 Å². The molecule has 0 atom stereocenters. The molecular weight excluding hydrogens is 238 g/mol. The highest BCUT2D eigenvalue weighted by Crippen LogP contribution is 2.24. The number of aliphatic hydroxyl groups excluding tert-OH is 1. The Morgan fingerprint density at radius 2 is 1.94 bits per heavy atom. The largest absolute Gasteiger partial charge is 0.506 e. The minimum atomic E-state index is -0.232. The van der Waals surface area contributed by atoms with E-state index in [-0.39, 0.29) is 17.9 Å². The fraction of sp³-hybridized carbons (Fsp3) is 0.538. The van der Waals surface area contributed by atoms with Crippen LogP contribution in [0.15, 0.2) is 18.2 Å². The number of hydrogen-bond donors (Lipinski definition) is 3. The van der Waals surface area contributed by atoms with Gasteiger partial charge in [-0.15, -0.1) is 0 Å². The van der Waals surface area contributed by atoms with Crippen molar-refractivity contribution < 1.29 is 10.2 Å². The van der Waals surface area contributed by atoms with E-state index in [0.29, 0.717) is 11.6 Å². The highest BCUT2D eigenvalue weighted by Gasteiger charge is 2.23. The molecule has 96 valence electrons. The van der Waals surface area contributed by atoms with E-state index in [0.717, 1.165) is 18.4 Å². The first-order valence-corrected chi connectivity index (χ1v) is 6.28. The molecule has 1 aromatic carbocycles. The molecule has 0 aliphatic heterocycles. The number of aromatic hydroxyl groups is 1. The van der Waals surface area contributed by atoms with Crippen LogP contribution in [0.4, 0.5) is 0 Å². The molecule has 0 fully saturated rings. The summed E-state index contributed by atoms with van der Waals surface area (Å²) >= 11 is 5.84. The Morgan fingerprint density at radius 1 is 1.29 bits per heavy atom.